The number of aryl methyl sites for hydroxylation is 2. The van der Waals surface area contributed by atoms with Crippen molar-refractivity contribution in [3.8, 4) is 11.5 Å². The smallest absolute Gasteiger partial charge is 0.226 e. The molecule has 2 rings (SSSR count). The first-order valence-electron chi connectivity index (χ1n) is 8.11. The minimum atomic E-state index is 0. The molecule has 2 aromatic rings. The molecule has 0 bridgehead atoms. The number of nitrogens with zero attached hydrogens (tertiary/aromatic N) is 3. The van der Waals surface area contributed by atoms with E-state index in [0.29, 0.717) is 29.8 Å². The molecular weight excluding hydrogens is 449 g/mol. The Bertz CT molecular complexity index is 705. The van der Waals surface area contributed by atoms with Crippen LogP contribution in [0.15, 0.2) is 27.7 Å². The first kappa shape index (κ1) is 22.0. The van der Waals surface area contributed by atoms with E-state index >= 15 is 0 Å². The van der Waals surface area contributed by atoms with Crippen LogP contribution in [0.2, 0.25) is 0 Å². The predicted molar refractivity (Wildman–Crippen MR) is 111 cm³/mol. The molecule has 0 amide bonds. The van der Waals surface area contributed by atoms with Crippen molar-refractivity contribution >= 4 is 29.9 Å². The van der Waals surface area contributed by atoms with Gasteiger partial charge in [0.25, 0.3) is 0 Å². The molecule has 9 heteroatoms. The molecule has 1 aromatic heterocycles. The van der Waals surface area contributed by atoms with Gasteiger partial charge in [0, 0.05) is 26.6 Å². The number of ether oxygens (including phenoxy) is 2. The first-order valence-corrected chi connectivity index (χ1v) is 8.11. The first-order chi connectivity index (χ1) is 12.2. The Balaban J connectivity index is 0.00000338. The van der Waals surface area contributed by atoms with Crippen LogP contribution in [0, 0.1) is 6.92 Å². The van der Waals surface area contributed by atoms with Gasteiger partial charge in [0.05, 0.1) is 14.2 Å². The number of halogens is 1. The fraction of sp³-hybridized carbons (Fsp3) is 0.471. The average Bonchev–Trinajstić information content (AvgIpc) is 3.06. The Morgan fingerprint density at radius 1 is 1.19 bits per heavy atom. The SMILES string of the molecule is CN=C(NCCCc1nc(C)no1)NCc1ccc(OC)c(OC)c1.I. The third kappa shape index (κ3) is 6.70. The van der Waals surface area contributed by atoms with Gasteiger partial charge in [-0.15, -0.1) is 24.0 Å². The second kappa shape index (κ2) is 11.6. The summed E-state index contributed by atoms with van der Waals surface area (Å²) in [7, 11) is 4.99. The molecule has 0 atom stereocenters. The summed E-state index contributed by atoms with van der Waals surface area (Å²) in [5, 5.41) is 10.3. The van der Waals surface area contributed by atoms with Crippen molar-refractivity contribution in [2.75, 3.05) is 27.8 Å². The molecule has 26 heavy (non-hydrogen) atoms. The molecule has 1 aromatic carbocycles. The van der Waals surface area contributed by atoms with Gasteiger partial charge in [-0.1, -0.05) is 11.2 Å². The average molecular weight is 475 g/mol. The molecule has 2 N–H and O–H groups in total. The van der Waals surface area contributed by atoms with Crippen LogP contribution in [0.5, 0.6) is 11.5 Å². The standard InChI is InChI=1S/C17H25N5O3.HI/c1-12-21-16(25-22-12)6-5-9-19-17(18-2)20-11-13-7-8-14(23-3)15(10-13)24-4;/h7-8,10H,5-6,9,11H2,1-4H3,(H2,18,19,20);1H. The third-order valence-electron chi connectivity index (χ3n) is 3.56. The summed E-state index contributed by atoms with van der Waals surface area (Å²) in [6.45, 7) is 3.20. The highest BCUT2D eigenvalue weighted by atomic mass is 127. The molecular formula is C17H26IN5O3. The van der Waals surface area contributed by atoms with E-state index in [-0.39, 0.29) is 24.0 Å². The lowest BCUT2D eigenvalue weighted by Crippen LogP contribution is -2.37. The summed E-state index contributed by atoms with van der Waals surface area (Å²) < 4.78 is 15.6. The molecule has 144 valence electrons. The van der Waals surface area contributed by atoms with Crippen LogP contribution >= 0.6 is 24.0 Å². The van der Waals surface area contributed by atoms with Crippen LogP contribution < -0.4 is 20.1 Å². The van der Waals surface area contributed by atoms with Crippen molar-refractivity contribution < 1.29 is 14.0 Å². The molecule has 0 aliphatic heterocycles. The van der Waals surface area contributed by atoms with Crippen molar-refractivity contribution in [3.63, 3.8) is 0 Å². The van der Waals surface area contributed by atoms with Crippen molar-refractivity contribution in [1.82, 2.24) is 20.8 Å². The van der Waals surface area contributed by atoms with Gasteiger partial charge >= 0.3 is 0 Å². The topological polar surface area (TPSA) is 93.8 Å². The molecule has 0 saturated carbocycles. The number of hydrogen-bond donors (Lipinski definition) is 2. The van der Waals surface area contributed by atoms with Crippen molar-refractivity contribution in [2.24, 2.45) is 4.99 Å². The number of benzene rings is 1. The van der Waals surface area contributed by atoms with E-state index in [2.05, 4.69) is 25.8 Å². The number of guanidine groups is 1. The van der Waals surface area contributed by atoms with Crippen molar-refractivity contribution in [1.29, 1.82) is 0 Å². The Hall–Kier alpha value is -2.04. The van der Waals surface area contributed by atoms with E-state index in [0.717, 1.165) is 30.9 Å². The Kier molecular flexibility index (Phi) is 9.78. The summed E-state index contributed by atoms with van der Waals surface area (Å²) in [6, 6.07) is 5.81. The highest BCUT2D eigenvalue weighted by Crippen LogP contribution is 2.27. The van der Waals surface area contributed by atoms with Gasteiger partial charge in [0.1, 0.15) is 0 Å². The van der Waals surface area contributed by atoms with Crippen LogP contribution in [0.4, 0.5) is 0 Å². The summed E-state index contributed by atoms with van der Waals surface area (Å²) in [6.07, 6.45) is 1.61. The monoisotopic (exact) mass is 475 g/mol. The normalized spacial score (nSPS) is 10.8. The fourth-order valence-electron chi connectivity index (χ4n) is 2.28. The van der Waals surface area contributed by atoms with E-state index in [9.17, 15) is 0 Å². The van der Waals surface area contributed by atoms with Crippen LogP contribution in [0.25, 0.3) is 0 Å². The van der Waals surface area contributed by atoms with Crippen LogP contribution in [-0.2, 0) is 13.0 Å². The number of aromatic nitrogens is 2. The molecule has 0 unspecified atom stereocenters. The maximum atomic E-state index is 5.31. The highest BCUT2D eigenvalue weighted by Gasteiger charge is 2.06. The van der Waals surface area contributed by atoms with Crippen molar-refractivity contribution in [3.05, 3.63) is 35.5 Å². The zero-order valence-electron chi connectivity index (χ0n) is 15.5. The molecule has 0 aliphatic rings. The lowest BCUT2D eigenvalue weighted by Gasteiger charge is -2.13. The molecule has 0 saturated heterocycles. The number of nitrogens with one attached hydrogen (secondary N) is 2. The van der Waals surface area contributed by atoms with Gasteiger partial charge in [0.2, 0.25) is 5.89 Å². The lowest BCUT2D eigenvalue weighted by atomic mass is 10.2. The summed E-state index contributed by atoms with van der Waals surface area (Å²) in [5.74, 6) is 3.48. The Morgan fingerprint density at radius 2 is 1.96 bits per heavy atom. The van der Waals surface area contributed by atoms with Gasteiger partial charge < -0.3 is 24.6 Å². The third-order valence-corrected chi connectivity index (χ3v) is 3.56. The van der Waals surface area contributed by atoms with Gasteiger partial charge in [0.15, 0.2) is 23.3 Å². The van der Waals surface area contributed by atoms with Gasteiger partial charge in [-0.2, -0.15) is 4.98 Å². The van der Waals surface area contributed by atoms with Crippen LogP contribution in [0.3, 0.4) is 0 Å². The summed E-state index contributed by atoms with van der Waals surface area (Å²) in [4.78, 5) is 8.40. The number of hydrogen-bond acceptors (Lipinski definition) is 6. The minimum Gasteiger partial charge on any atom is -0.493 e. The number of methoxy groups -OCH3 is 2. The van der Waals surface area contributed by atoms with E-state index < -0.39 is 0 Å². The second-order valence-electron chi connectivity index (χ2n) is 5.38. The largest absolute Gasteiger partial charge is 0.493 e. The van der Waals surface area contributed by atoms with Gasteiger partial charge in [-0.05, 0) is 31.0 Å². The molecule has 1 heterocycles. The molecule has 0 radical (unpaired) electrons. The molecule has 8 nitrogen and oxygen atoms in total. The number of aliphatic imine (C=N–C) groups is 1. The summed E-state index contributed by atoms with van der Waals surface area (Å²) >= 11 is 0. The van der Waals surface area contributed by atoms with E-state index in [1.807, 2.05) is 25.1 Å². The highest BCUT2D eigenvalue weighted by molar-refractivity contribution is 14.0. The Labute approximate surface area is 170 Å². The molecule has 0 aliphatic carbocycles. The lowest BCUT2D eigenvalue weighted by molar-refractivity contribution is 0.354. The zero-order valence-corrected chi connectivity index (χ0v) is 17.9. The minimum absolute atomic E-state index is 0. The predicted octanol–water partition coefficient (Wildman–Crippen LogP) is 2.31. The maximum Gasteiger partial charge on any atom is 0.226 e. The molecule has 0 fully saturated rings. The van der Waals surface area contributed by atoms with E-state index in [1.54, 1.807) is 21.3 Å². The fourth-order valence-corrected chi connectivity index (χ4v) is 2.28. The van der Waals surface area contributed by atoms with Gasteiger partial charge in [-0.25, -0.2) is 0 Å². The Morgan fingerprint density at radius 3 is 2.58 bits per heavy atom. The van der Waals surface area contributed by atoms with Crippen LogP contribution in [-0.4, -0.2) is 43.9 Å². The maximum absolute atomic E-state index is 5.31. The zero-order chi connectivity index (χ0) is 18.1. The van der Waals surface area contributed by atoms with Crippen molar-refractivity contribution in [2.45, 2.75) is 26.3 Å². The van der Waals surface area contributed by atoms with Gasteiger partial charge in [-0.3, -0.25) is 4.99 Å². The quantitative estimate of drug-likeness (QED) is 0.262. The number of rotatable bonds is 8. The molecule has 0 spiro atoms. The summed E-state index contributed by atoms with van der Waals surface area (Å²) in [5.41, 5.74) is 1.07. The van der Waals surface area contributed by atoms with Crippen LogP contribution in [0.1, 0.15) is 23.7 Å². The van der Waals surface area contributed by atoms with E-state index in [1.165, 1.54) is 0 Å². The van der Waals surface area contributed by atoms with E-state index in [4.69, 9.17) is 14.0 Å². The second-order valence-corrected chi connectivity index (χ2v) is 5.38.